The van der Waals surface area contributed by atoms with Gasteiger partial charge in [-0.05, 0) is 33.8 Å². The minimum absolute atomic E-state index is 0.163. The van der Waals surface area contributed by atoms with E-state index in [2.05, 4.69) is 10.3 Å². The molecule has 0 bridgehead atoms. The second-order valence-corrected chi connectivity index (χ2v) is 11.1. The van der Waals surface area contributed by atoms with Crippen molar-refractivity contribution in [1.82, 2.24) is 9.88 Å². The van der Waals surface area contributed by atoms with Gasteiger partial charge in [0.2, 0.25) is 11.8 Å². The molecule has 0 unspecified atom stereocenters. The molecule has 0 aliphatic carbocycles. The maximum atomic E-state index is 12.7. The number of carbonyl (C=O) groups is 2. The van der Waals surface area contributed by atoms with Gasteiger partial charge in [-0.25, -0.2) is 14.8 Å². The molecule has 1 N–H and O–H groups in total. The molecular formula is C27H33N5O4S. The Morgan fingerprint density at radius 3 is 2.38 bits per heavy atom. The number of anilines is 1. The minimum atomic E-state index is -0.641. The van der Waals surface area contributed by atoms with Crippen LogP contribution in [-0.4, -0.2) is 69.9 Å². The molecule has 2 aromatic rings. The standard InChI is InChI=1S/C27H33N5O4S/c1-18-6-8-19(9-7-18)23-24(37-17-21(33)29-20-10-11-22(35-5)28-16-20)31-27(30-23)12-14-32(15-13-27)25(34)36-26(2,3)4/h6-11,16H,12-15,17H2,1-5H3,(H,29,33). The largest absolute Gasteiger partial charge is 0.481 e. The highest BCUT2D eigenvalue weighted by Gasteiger charge is 2.41. The zero-order chi connectivity index (χ0) is 26.6. The van der Waals surface area contributed by atoms with Crippen molar-refractivity contribution in [2.24, 2.45) is 9.98 Å². The van der Waals surface area contributed by atoms with E-state index in [4.69, 9.17) is 19.5 Å². The summed E-state index contributed by atoms with van der Waals surface area (Å²) in [6.07, 6.45) is 2.43. The number of hydrogen-bond acceptors (Lipinski definition) is 8. The molecular weight excluding hydrogens is 490 g/mol. The monoisotopic (exact) mass is 523 g/mol. The van der Waals surface area contributed by atoms with Gasteiger partial charge in [0.05, 0.1) is 30.5 Å². The molecule has 1 saturated heterocycles. The fourth-order valence-electron chi connectivity index (χ4n) is 4.03. The highest BCUT2D eigenvalue weighted by atomic mass is 32.2. The van der Waals surface area contributed by atoms with Crippen LogP contribution in [0.3, 0.4) is 0 Å². The van der Waals surface area contributed by atoms with Gasteiger partial charge in [0.1, 0.15) is 10.6 Å². The minimum Gasteiger partial charge on any atom is -0.481 e. The number of thioether (sulfide) groups is 1. The van der Waals surface area contributed by atoms with E-state index >= 15 is 0 Å². The van der Waals surface area contributed by atoms with Crippen LogP contribution in [0.25, 0.3) is 0 Å². The highest BCUT2D eigenvalue weighted by Crippen LogP contribution is 2.36. The molecule has 1 fully saturated rings. The maximum Gasteiger partial charge on any atom is 0.410 e. The van der Waals surface area contributed by atoms with E-state index in [1.165, 1.54) is 11.8 Å². The molecule has 2 amide bonds. The van der Waals surface area contributed by atoms with Crippen LogP contribution in [0, 0.1) is 6.92 Å². The third-order valence-electron chi connectivity index (χ3n) is 5.94. The first-order valence-electron chi connectivity index (χ1n) is 12.2. The SMILES string of the molecule is COc1ccc(NC(=O)CSC2=NC3(CCN(C(=O)OC(C)(C)C)CC3)N=C2c2ccc(C)cc2)cn1. The molecule has 1 spiro atoms. The Labute approximate surface area is 221 Å². The molecule has 0 radical (unpaired) electrons. The van der Waals surface area contributed by atoms with Gasteiger partial charge in [-0.15, -0.1) is 0 Å². The Hall–Kier alpha value is -3.40. The molecule has 2 aliphatic rings. The fraction of sp³-hybridized carbons (Fsp3) is 0.444. The number of hydrogen-bond donors (Lipinski definition) is 1. The van der Waals surface area contributed by atoms with Gasteiger partial charge in [0, 0.05) is 37.6 Å². The highest BCUT2D eigenvalue weighted by molar-refractivity contribution is 8.16. The zero-order valence-electron chi connectivity index (χ0n) is 21.9. The summed E-state index contributed by atoms with van der Waals surface area (Å²) in [7, 11) is 1.54. The number of carbonyl (C=O) groups excluding carboxylic acids is 2. The summed E-state index contributed by atoms with van der Waals surface area (Å²) in [5.41, 5.74) is 2.32. The lowest BCUT2D eigenvalue weighted by Crippen LogP contribution is -2.46. The predicted octanol–water partition coefficient (Wildman–Crippen LogP) is 4.70. The number of piperidine rings is 1. The number of ether oxygens (including phenoxy) is 2. The molecule has 2 aliphatic heterocycles. The first-order valence-corrected chi connectivity index (χ1v) is 13.2. The first kappa shape index (κ1) is 26.7. The van der Waals surface area contributed by atoms with Crippen LogP contribution in [0.5, 0.6) is 5.88 Å². The number of amides is 2. The van der Waals surface area contributed by atoms with Gasteiger partial charge in [-0.2, -0.15) is 0 Å². The average molecular weight is 524 g/mol. The number of pyridine rings is 1. The summed E-state index contributed by atoms with van der Waals surface area (Å²) >= 11 is 1.37. The number of aromatic nitrogens is 1. The quantitative estimate of drug-likeness (QED) is 0.609. The van der Waals surface area contributed by atoms with Crippen LogP contribution < -0.4 is 10.1 Å². The van der Waals surface area contributed by atoms with E-state index in [0.29, 0.717) is 37.5 Å². The van der Waals surface area contributed by atoms with Crippen LogP contribution in [0.2, 0.25) is 0 Å². The fourth-order valence-corrected chi connectivity index (χ4v) is 4.90. The molecule has 10 heteroatoms. The lowest BCUT2D eigenvalue weighted by atomic mass is 9.99. The number of nitrogens with one attached hydrogen (secondary N) is 1. The number of aliphatic imine (C=N–C) groups is 2. The second-order valence-electron chi connectivity index (χ2n) is 10.1. The average Bonchev–Trinajstić information content (AvgIpc) is 3.21. The van der Waals surface area contributed by atoms with Crippen LogP contribution in [-0.2, 0) is 9.53 Å². The second kappa shape index (κ2) is 10.9. The molecule has 9 nitrogen and oxygen atoms in total. The summed E-state index contributed by atoms with van der Waals surface area (Å²) in [6.45, 7) is 8.63. The Bertz CT molecular complexity index is 1190. The number of benzene rings is 1. The zero-order valence-corrected chi connectivity index (χ0v) is 22.7. The van der Waals surface area contributed by atoms with E-state index in [0.717, 1.165) is 21.9 Å². The van der Waals surface area contributed by atoms with Gasteiger partial charge < -0.3 is 19.7 Å². The van der Waals surface area contributed by atoms with Crippen LogP contribution in [0.15, 0.2) is 52.6 Å². The van der Waals surface area contributed by atoms with Gasteiger partial charge in [-0.3, -0.25) is 9.79 Å². The van der Waals surface area contributed by atoms with Gasteiger partial charge in [0.15, 0.2) is 5.66 Å². The number of aryl methyl sites for hydroxylation is 1. The van der Waals surface area contributed by atoms with Crippen molar-refractivity contribution in [2.75, 3.05) is 31.3 Å². The van der Waals surface area contributed by atoms with E-state index in [1.807, 2.05) is 52.0 Å². The number of nitrogens with zero attached hydrogens (tertiary/aromatic N) is 4. The summed E-state index contributed by atoms with van der Waals surface area (Å²) in [6, 6.07) is 11.6. The lowest BCUT2D eigenvalue weighted by molar-refractivity contribution is -0.113. The maximum absolute atomic E-state index is 12.7. The molecule has 0 atom stereocenters. The van der Waals surface area contributed by atoms with Gasteiger partial charge in [0.25, 0.3) is 0 Å². The molecule has 4 rings (SSSR count). The molecule has 37 heavy (non-hydrogen) atoms. The summed E-state index contributed by atoms with van der Waals surface area (Å²) in [5.74, 6) is 0.494. The molecule has 196 valence electrons. The molecule has 0 saturated carbocycles. The first-order chi connectivity index (χ1) is 17.6. The molecule has 3 heterocycles. The van der Waals surface area contributed by atoms with Crippen molar-refractivity contribution in [2.45, 2.75) is 51.8 Å². The Balaban J connectivity index is 1.46. The summed E-state index contributed by atoms with van der Waals surface area (Å²) in [4.78, 5) is 41.1. The Morgan fingerprint density at radius 2 is 1.78 bits per heavy atom. The van der Waals surface area contributed by atoms with Crippen molar-refractivity contribution in [3.8, 4) is 5.88 Å². The van der Waals surface area contributed by atoms with Crippen LogP contribution >= 0.6 is 11.8 Å². The summed E-state index contributed by atoms with van der Waals surface area (Å²) < 4.78 is 10.6. The van der Waals surface area contributed by atoms with E-state index in [-0.39, 0.29) is 17.8 Å². The normalized spacial score (nSPS) is 16.7. The smallest absolute Gasteiger partial charge is 0.410 e. The van der Waals surface area contributed by atoms with Crippen molar-refractivity contribution >= 4 is 40.2 Å². The van der Waals surface area contributed by atoms with Crippen molar-refractivity contribution in [3.05, 3.63) is 53.7 Å². The third-order valence-corrected chi connectivity index (χ3v) is 6.91. The van der Waals surface area contributed by atoms with Gasteiger partial charge >= 0.3 is 6.09 Å². The summed E-state index contributed by atoms with van der Waals surface area (Å²) in [5, 5.41) is 3.59. The van der Waals surface area contributed by atoms with E-state index in [9.17, 15) is 9.59 Å². The number of methoxy groups -OCH3 is 1. The number of likely N-dealkylation sites (tertiary alicyclic amines) is 1. The Morgan fingerprint density at radius 1 is 1.08 bits per heavy atom. The predicted molar refractivity (Wildman–Crippen MR) is 147 cm³/mol. The Kier molecular flexibility index (Phi) is 7.87. The van der Waals surface area contributed by atoms with Crippen LogP contribution in [0.4, 0.5) is 10.5 Å². The lowest BCUT2D eigenvalue weighted by Gasteiger charge is -2.36. The molecule has 1 aromatic heterocycles. The van der Waals surface area contributed by atoms with Crippen molar-refractivity contribution < 1.29 is 19.1 Å². The topological polar surface area (TPSA) is 105 Å². The van der Waals surface area contributed by atoms with Crippen molar-refractivity contribution in [1.29, 1.82) is 0 Å². The van der Waals surface area contributed by atoms with Crippen molar-refractivity contribution in [3.63, 3.8) is 0 Å². The third kappa shape index (κ3) is 6.88. The van der Waals surface area contributed by atoms with Crippen LogP contribution in [0.1, 0.15) is 44.7 Å². The van der Waals surface area contributed by atoms with Gasteiger partial charge in [-0.1, -0.05) is 41.6 Å². The van der Waals surface area contributed by atoms with E-state index in [1.54, 1.807) is 30.3 Å². The van der Waals surface area contributed by atoms with E-state index < -0.39 is 11.3 Å². The molecule has 1 aromatic carbocycles. The number of rotatable bonds is 5.